The summed E-state index contributed by atoms with van der Waals surface area (Å²) in [6.45, 7) is 2.87. The summed E-state index contributed by atoms with van der Waals surface area (Å²) in [4.78, 5) is 9.80. The van der Waals surface area contributed by atoms with E-state index in [1.165, 1.54) is 12.1 Å². The van der Waals surface area contributed by atoms with E-state index in [0.29, 0.717) is 11.5 Å². The van der Waals surface area contributed by atoms with Gasteiger partial charge in [0.2, 0.25) is 0 Å². The molecule has 2 heterocycles. The van der Waals surface area contributed by atoms with Gasteiger partial charge in [0.05, 0.1) is 18.5 Å². The lowest BCUT2D eigenvalue weighted by Crippen LogP contribution is -1.94. The molecule has 0 aliphatic rings. The van der Waals surface area contributed by atoms with Crippen LogP contribution in [-0.2, 0) is 13.2 Å². The van der Waals surface area contributed by atoms with Gasteiger partial charge in [-0.25, -0.2) is 0 Å². The van der Waals surface area contributed by atoms with Crippen LogP contribution in [0.3, 0.4) is 0 Å². The van der Waals surface area contributed by atoms with E-state index in [0.717, 1.165) is 6.54 Å². The summed E-state index contributed by atoms with van der Waals surface area (Å²) < 4.78 is 12.0. The van der Waals surface area contributed by atoms with Crippen molar-refractivity contribution in [3.63, 3.8) is 0 Å². The summed E-state index contributed by atoms with van der Waals surface area (Å²) >= 11 is 0. The maximum atomic E-state index is 10.4. The molecule has 0 aliphatic heterocycles. The molecule has 0 radical (unpaired) electrons. The van der Waals surface area contributed by atoms with E-state index in [9.17, 15) is 10.1 Å². The lowest BCUT2D eigenvalue weighted by molar-refractivity contribution is -0.402. The van der Waals surface area contributed by atoms with E-state index in [2.05, 4.69) is 5.10 Å². The average molecular weight is 237 g/mol. The summed E-state index contributed by atoms with van der Waals surface area (Å²) in [6, 6.07) is 2.82. The zero-order chi connectivity index (χ0) is 12.3. The van der Waals surface area contributed by atoms with Gasteiger partial charge in [0.15, 0.2) is 5.75 Å². The van der Waals surface area contributed by atoms with Crippen LogP contribution in [0.15, 0.2) is 28.9 Å². The van der Waals surface area contributed by atoms with Crippen molar-refractivity contribution >= 4 is 5.88 Å². The minimum Gasteiger partial charge on any atom is -0.482 e. The van der Waals surface area contributed by atoms with E-state index >= 15 is 0 Å². The molecule has 2 aromatic heterocycles. The first-order valence-corrected chi connectivity index (χ1v) is 5.07. The molecule has 2 aromatic rings. The predicted octanol–water partition coefficient (Wildman–Crippen LogP) is 1.98. The molecule has 0 atom stereocenters. The Morgan fingerprint density at radius 3 is 3.00 bits per heavy atom. The quantitative estimate of drug-likeness (QED) is 0.586. The number of aryl methyl sites for hydroxylation is 1. The number of aromatic nitrogens is 2. The van der Waals surface area contributed by atoms with E-state index in [1.807, 2.05) is 6.92 Å². The van der Waals surface area contributed by atoms with Crippen LogP contribution in [0.1, 0.15) is 12.7 Å². The fraction of sp³-hybridized carbons (Fsp3) is 0.300. The molecular weight excluding hydrogens is 226 g/mol. The Bertz CT molecular complexity index is 517. The van der Waals surface area contributed by atoms with E-state index in [-0.39, 0.29) is 12.5 Å². The highest BCUT2D eigenvalue weighted by Crippen LogP contribution is 2.17. The molecule has 0 aliphatic carbocycles. The highest BCUT2D eigenvalue weighted by atomic mass is 16.6. The SMILES string of the molecule is CCn1cc(OCc2ccc([N+](=O)[O-])o2)cn1. The van der Waals surface area contributed by atoms with Gasteiger partial charge in [-0.1, -0.05) is 0 Å². The summed E-state index contributed by atoms with van der Waals surface area (Å²) in [6.07, 6.45) is 3.33. The Kier molecular flexibility index (Phi) is 3.08. The van der Waals surface area contributed by atoms with Crippen LogP contribution in [-0.4, -0.2) is 14.7 Å². The molecule has 0 unspecified atom stereocenters. The molecule has 0 aromatic carbocycles. The van der Waals surface area contributed by atoms with Crippen LogP contribution in [0.2, 0.25) is 0 Å². The largest absolute Gasteiger partial charge is 0.482 e. The van der Waals surface area contributed by atoms with Gasteiger partial charge in [0.1, 0.15) is 17.3 Å². The van der Waals surface area contributed by atoms with Crippen molar-refractivity contribution in [3.8, 4) is 5.75 Å². The van der Waals surface area contributed by atoms with Crippen LogP contribution >= 0.6 is 0 Å². The van der Waals surface area contributed by atoms with Crippen molar-refractivity contribution in [2.24, 2.45) is 0 Å². The first-order valence-electron chi connectivity index (χ1n) is 5.07. The van der Waals surface area contributed by atoms with E-state index in [1.54, 1.807) is 17.1 Å². The standard InChI is InChI=1S/C10H11N3O4/c1-2-12-6-9(5-11-12)16-7-8-3-4-10(17-8)13(14)15/h3-6H,2,7H2,1H3. The number of furan rings is 1. The van der Waals surface area contributed by atoms with Gasteiger partial charge in [0, 0.05) is 6.54 Å². The van der Waals surface area contributed by atoms with Gasteiger partial charge in [-0.05, 0) is 13.0 Å². The third kappa shape index (κ3) is 2.63. The van der Waals surface area contributed by atoms with Gasteiger partial charge in [-0.3, -0.25) is 14.8 Å². The second kappa shape index (κ2) is 4.69. The minimum atomic E-state index is -0.585. The number of rotatable bonds is 5. The van der Waals surface area contributed by atoms with Crippen LogP contribution in [0, 0.1) is 10.1 Å². The molecule has 0 N–H and O–H groups in total. The molecule has 90 valence electrons. The van der Waals surface area contributed by atoms with Crippen LogP contribution in [0.5, 0.6) is 5.75 Å². The molecule has 0 amide bonds. The smallest absolute Gasteiger partial charge is 0.433 e. The number of nitrogens with zero attached hydrogens (tertiary/aromatic N) is 3. The van der Waals surface area contributed by atoms with Crippen molar-refractivity contribution < 1.29 is 14.1 Å². The summed E-state index contributed by atoms with van der Waals surface area (Å²) in [5, 5.41) is 14.4. The zero-order valence-electron chi connectivity index (χ0n) is 9.20. The first-order chi connectivity index (χ1) is 8.19. The van der Waals surface area contributed by atoms with Crippen LogP contribution in [0.25, 0.3) is 0 Å². The fourth-order valence-corrected chi connectivity index (χ4v) is 1.29. The molecular formula is C10H11N3O4. The minimum absolute atomic E-state index is 0.142. The normalized spacial score (nSPS) is 10.4. The summed E-state index contributed by atoms with van der Waals surface area (Å²) in [5.41, 5.74) is 0. The van der Waals surface area contributed by atoms with Crippen LogP contribution in [0.4, 0.5) is 5.88 Å². The zero-order valence-corrected chi connectivity index (χ0v) is 9.20. The van der Waals surface area contributed by atoms with Crippen molar-refractivity contribution in [2.45, 2.75) is 20.1 Å². The molecule has 0 saturated heterocycles. The van der Waals surface area contributed by atoms with Crippen molar-refractivity contribution in [3.05, 3.63) is 40.4 Å². The van der Waals surface area contributed by atoms with Crippen molar-refractivity contribution in [2.75, 3.05) is 0 Å². The average Bonchev–Trinajstić information content (AvgIpc) is 2.95. The molecule has 0 saturated carbocycles. The van der Waals surface area contributed by atoms with Gasteiger partial charge >= 0.3 is 5.88 Å². The summed E-state index contributed by atoms with van der Waals surface area (Å²) in [7, 11) is 0. The highest BCUT2D eigenvalue weighted by molar-refractivity contribution is 5.18. The van der Waals surface area contributed by atoms with Crippen molar-refractivity contribution in [1.29, 1.82) is 0 Å². The third-order valence-corrected chi connectivity index (χ3v) is 2.14. The first kappa shape index (κ1) is 11.2. The van der Waals surface area contributed by atoms with Gasteiger partial charge < -0.3 is 9.15 Å². The van der Waals surface area contributed by atoms with Crippen LogP contribution < -0.4 is 4.74 Å². The lowest BCUT2D eigenvalue weighted by atomic mass is 10.5. The Morgan fingerprint density at radius 1 is 1.59 bits per heavy atom. The summed E-state index contributed by atoms with van der Waals surface area (Å²) in [5.74, 6) is 0.722. The van der Waals surface area contributed by atoms with Gasteiger partial charge in [-0.2, -0.15) is 5.10 Å². The lowest BCUT2D eigenvalue weighted by Gasteiger charge is -1.98. The Morgan fingerprint density at radius 2 is 2.41 bits per heavy atom. The molecule has 0 bridgehead atoms. The van der Waals surface area contributed by atoms with Gasteiger partial charge in [0.25, 0.3) is 0 Å². The molecule has 7 nitrogen and oxygen atoms in total. The highest BCUT2D eigenvalue weighted by Gasteiger charge is 2.12. The Hall–Kier alpha value is -2.31. The predicted molar refractivity (Wildman–Crippen MR) is 57.6 cm³/mol. The van der Waals surface area contributed by atoms with E-state index < -0.39 is 4.92 Å². The monoisotopic (exact) mass is 237 g/mol. The number of hydrogen-bond acceptors (Lipinski definition) is 5. The molecule has 2 rings (SSSR count). The molecule has 0 spiro atoms. The Balaban J connectivity index is 1.94. The molecule has 0 fully saturated rings. The molecule has 17 heavy (non-hydrogen) atoms. The second-order valence-corrected chi connectivity index (χ2v) is 3.32. The topological polar surface area (TPSA) is 83.3 Å². The number of ether oxygens (including phenoxy) is 1. The number of nitro groups is 1. The maximum absolute atomic E-state index is 10.4. The fourth-order valence-electron chi connectivity index (χ4n) is 1.29. The maximum Gasteiger partial charge on any atom is 0.433 e. The third-order valence-electron chi connectivity index (χ3n) is 2.14. The molecule has 7 heteroatoms. The Labute approximate surface area is 96.8 Å². The van der Waals surface area contributed by atoms with Gasteiger partial charge in [-0.15, -0.1) is 0 Å². The van der Waals surface area contributed by atoms with Crippen molar-refractivity contribution in [1.82, 2.24) is 9.78 Å². The second-order valence-electron chi connectivity index (χ2n) is 3.32. The van der Waals surface area contributed by atoms with E-state index in [4.69, 9.17) is 9.15 Å². The number of hydrogen-bond donors (Lipinski definition) is 0.